The molecular weight excluding hydrogens is 191 g/mol. The molecule has 0 N–H and O–H groups in total. The van der Waals surface area contributed by atoms with Crippen LogP contribution in [0.2, 0.25) is 0 Å². The zero-order valence-electron chi connectivity index (χ0n) is 1.96. The Morgan fingerprint density at radius 3 is 0.750 bits per heavy atom. The first-order valence-electron chi connectivity index (χ1n) is 0. The van der Waals surface area contributed by atoms with Crippen LogP contribution in [0.5, 0.6) is 0 Å². The van der Waals surface area contributed by atoms with Crippen LogP contribution in [0.25, 0.3) is 0 Å². The summed E-state index contributed by atoms with van der Waals surface area (Å²) in [5.41, 5.74) is 0. The van der Waals surface area contributed by atoms with Crippen LogP contribution < -0.4 is 24.8 Å². The van der Waals surface area contributed by atoms with Crippen molar-refractivity contribution in [2.75, 3.05) is 0 Å². The molecule has 0 fully saturated rings. The summed E-state index contributed by atoms with van der Waals surface area (Å²) >= 11 is 0. The van der Waals surface area contributed by atoms with Gasteiger partial charge in [-0.1, -0.05) is 0 Å². The van der Waals surface area contributed by atoms with Gasteiger partial charge in [0.25, 0.3) is 0 Å². The molecule has 0 aliphatic carbocycles. The third-order valence-electron chi connectivity index (χ3n) is 0. The van der Waals surface area contributed by atoms with E-state index < -0.39 is 0 Å². The number of hydrogen-bond donors (Lipinski definition) is 0. The van der Waals surface area contributed by atoms with Crippen molar-refractivity contribution < 1.29 is 24.8 Å². The zero-order valence-corrected chi connectivity index (χ0v) is 7.95. The van der Waals surface area contributed by atoms with Gasteiger partial charge >= 0.3 is 45.5 Å². The molecular formula is H2Cl2SSr. The average Bonchev–Trinajstić information content (AvgIpc) is 0. The van der Waals surface area contributed by atoms with Crippen molar-refractivity contribution in [1.29, 1.82) is 0 Å². The van der Waals surface area contributed by atoms with E-state index in [0.717, 1.165) is 0 Å². The van der Waals surface area contributed by atoms with Crippen LogP contribution in [-0.4, -0.2) is 45.5 Å². The van der Waals surface area contributed by atoms with Gasteiger partial charge in [0, 0.05) is 0 Å². The molecule has 0 nitrogen and oxygen atoms in total. The minimum atomic E-state index is 0. The van der Waals surface area contributed by atoms with Crippen LogP contribution in [0.1, 0.15) is 0 Å². The fraction of sp³-hybridized carbons (Fsp3) is 0. The van der Waals surface area contributed by atoms with Crippen molar-refractivity contribution in [2.45, 2.75) is 0 Å². The van der Waals surface area contributed by atoms with Crippen LogP contribution in [0.15, 0.2) is 0 Å². The molecule has 0 aliphatic rings. The summed E-state index contributed by atoms with van der Waals surface area (Å²) in [6.07, 6.45) is 0. The summed E-state index contributed by atoms with van der Waals surface area (Å²) < 4.78 is 0. The molecule has 0 atom stereocenters. The first-order chi connectivity index (χ1) is 0. The molecule has 0 heterocycles. The predicted molar refractivity (Wildman–Crippen MR) is 16.1 cm³/mol. The van der Waals surface area contributed by atoms with Gasteiger partial charge < -0.3 is 24.8 Å². The van der Waals surface area contributed by atoms with Gasteiger partial charge in [-0.2, -0.15) is 13.5 Å². The minimum Gasteiger partial charge on any atom is -1.00 e. The van der Waals surface area contributed by atoms with Crippen LogP contribution in [0, 0.1) is 0 Å². The van der Waals surface area contributed by atoms with E-state index in [2.05, 4.69) is 0 Å². The SMILES string of the molecule is S.[Cl-].[Cl-].[Sr+2]. The fourth-order valence-corrected chi connectivity index (χ4v) is 0. The van der Waals surface area contributed by atoms with Gasteiger partial charge in [0.1, 0.15) is 0 Å². The van der Waals surface area contributed by atoms with E-state index in [1.807, 2.05) is 0 Å². The average molecular weight is 193 g/mol. The molecule has 0 amide bonds. The van der Waals surface area contributed by atoms with Gasteiger partial charge in [-0.25, -0.2) is 0 Å². The van der Waals surface area contributed by atoms with Gasteiger partial charge in [-0.3, -0.25) is 0 Å². The van der Waals surface area contributed by atoms with E-state index in [4.69, 9.17) is 0 Å². The second-order valence-corrected chi connectivity index (χ2v) is 0. The first-order valence-corrected chi connectivity index (χ1v) is 0. The number of rotatable bonds is 0. The number of hydrogen-bond acceptors (Lipinski definition) is 0. The molecule has 0 unspecified atom stereocenters. The van der Waals surface area contributed by atoms with Crippen molar-refractivity contribution >= 4 is 59.0 Å². The minimum absolute atomic E-state index is 0. The van der Waals surface area contributed by atoms with Crippen LogP contribution in [-0.2, 0) is 0 Å². The fourth-order valence-electron chi connectivity index (χ4n) is 0. The summed E-state index contributed by atoms with van der Waals surface area (Å²) in [4.78, 5) is 0. The Bertz CT molecular complexity index is 6.00. The Hall–Kier alpha value is 2.41. The molecule has 4 heteroatoms. The summed E-state index contributed by atoms with van der Waals surface area (Å²) in [5, 5.41) is 0. The largest absolute Gasteiger partial charge is 2.00 e. The van der Waals surface area contributed by atoms with E-state index in [-0.39, 0.29) is 83.8 Å². The third-order valence-corrected chi connectivity index (χ3v) is 0. The zero-order chi connectivity index (χ0) is 0. The molecule has 0 aliphatic heterocycles. The van der Waals surface area contributed by atoms with Crippen molar-refractivity contribution in [3.05, 3.63) is 0 Å². The molecule has 0 rings (SSSR count). The van der Waals surface area contributed by atoms with Gasteiger partial charge in [-0.15, -0.1) is 0 Å². The summed E-state index contributed by atoms with van der Waals surface area (Å²) in [6, 6.07) is 0. The van der Waals surface area contributed by atoms with Gasteiger partial charge in [0.05, 0.1) is 0 Å². The molecule has 0 radical (unpaired) electrons. The molecule has 24 valence electrons. The molecule has 0 aromatic carbocycles. The smallest absolute Gasteiger partial charge is 1.00 e. The predicted octanol–water partition coefficient (Wildman–Crippen LogP) is -6.26. The first kappa shape index (κ1) is 32.3. The van der Waals surface area contributed by atoms with E-state index in [9.17, 15) is 0 Å². The summed E-state index contributed by atoms with van der Waals surface area (Å²) in [7, 11) is 0. The maximum absolute atomic E-state index is 0. The van der Waals surface area contributed by atoms with E-state index in [1.54, 1.807) is 0 Å². The molecule has 0 saturated heterocycles. The third kappa shape index (κ3) is 8.83. The Morgan fingerprint density at radius 2 is 0.750 bits per heavy atom. The Labute approximate surface area is 82.3 Å². The summed E-state index contributed by atoms with van der Waals surface area (Å²) in [5.74, 6) is 0. The van der Waals surface area contributed by atoms with Gasteiger partial charge in [-0.05, 0) is 0 Å². The van der Waals surface area contributed by atoms with E-state index in [0.29, 0.717) is 0 Å². The standard InChI is InChI=1S/2ClH.H2S.Sr/h2*1H;1H2;/q;;;+2/p-2. The molecule has 0 saturated carbocycles. The van der Waals surface area contributed by atoms with E-state index in [1.165, 1.54) is 0 Å². The monoisotopic (exact) mass is 192 g/mol. The normalized spacial score (nSPS) is 0. The Kier molecular flexibility index (Phi) is 146. The van der Waals surface area contributed by atoms with Crippen LogP contribution >= 0.6 is 13.5 Å². The Balaban J connectivity index is 0. The summed E-state index contributed by atoms with van der Waals surface area (Å²) in [6.45, 7) is 0. The maximum Gasteiger partial charge on any atom is 2.00 e. The quantitative estimate of drug-likeness (QED) is 0.335. The second kappa shape index (κ2) is 18.1. The van der Waals surface area contributed by atoms with Gasteiger partial charge in [0.15, 0.2) is 0 Å². The molecule has 4 heavy (non-hydrogen) atoms. The van der Waals surface area contributed by atoms with Crippen LogP contribution in [0.3, 0.4) is 0 Å². The maximum atomic E-state index is 0. The number of halogens is 2. The van der Waals surface area contributed by atoms with E-state index >= 15 is 0 Å². The molecule has 0 aromatic heterocycles. The van der Waals surface area contributed by atoms with Crippen molar-refractivity contribution in [1.82, 2.24) is 0 Å². The second-order valence-electron chi connectivity index (χ2n) is 0. The molecule has 0 bridgehead atoms. The van der Waals surface area contributed by atoms with Crippen molar-refractivity contribution in [2.24, 2.45) is 0 Å². The Morgan fingerprint density at radius 1 is 0.750 bits per heavy atom. The van der Waals surface area contributed by atoms with Crippen molar-refractivity contribution in [3.63, 3.8) is 0 Å². The molecule has 0 spiro atoms. The molecule has 0 aromatic rings. The van der Waals surface area contributed by atoms with Crippen LogP contribution in [0.4, 0.5) is 0 Å². The topological polar surface area (TPSA) is 0 Å². The van der Waals surface area contributed by atoms with Gasteiger partial charge in [0.2, 0.25) is 0 Å². The van der Waals surface area contributed by atoms with Crippen molar-refractivity contribution in [3.8, 4) is 0 Å².